The molecular weight excluding hydrogens is 270 g/mol. The third-order valence-corrected chi connectivity index (χ3v) is 4.42. The Morgan fingerprint density at radius 3 is 2.45 bits per heavy atom. The van der Waals surface area contributed by atoms with Crippen LogP contribution in [-0.4, -0.2) is 53.9 Å². The number of carbonyl (C=O) groups excluding carboxylic acids is 1. The van der Waals surface area contributed by atoms with Crippen molar-refractivity contribution in [1.82, 2.24) is 14.8 Å². The first kappa shape index (κ1) is 13.3. The number of benzene rings is 1. The van der Waals surface area contributed by atoms with Gasteiger partial charge in [-0.2, -0.15) is 0 Å². The Kier molecular flexibility index (Phi) is 3.80. The first-order chi connectivity index (χ1) is 9.74. The maximum Gasteiger partial charge on any atom is 0.253 e. The van der Waals surface area contributed by atoms with Crippen LogP contribution in [0.5, 0.6) is 0 Å². The Hall–Kier alpha value is -1.72. The molecule has 1 aliphatic rings. The number of likely N-dealkylation sites (N-methyl/N-ethyl adjacent to an activating group) is 1. The summed E-state index contributed by atoms with van der Waals surface area (Å²) < 4.78 is 0. The van der Waals surface area contributed by atoms with Gasteiger partial charge in [0, 0.05) is 48.9 Å². The molecule has 0 N–H and O–H groups in total. The summed E-state index contributed by atoms with van der Waals surface area (Å²) in [5.74, 6) is 0.129. The number of hydrogen-bond acceptors (Lipinski definition) is 4. The van der Waals surface area contributed by atoms with Crippen molar-refractivity contribution in [3.05, 3.63) is 41.4 Å². The Morgan fingerprint density at radius 2 is 1.85 bits per heavy atom. The van der Waals surface area contributed by atoms with E-state index in [0.717, 1.165) is 42.3 Å². The van der Waals surface area contributed by atoms with E-state index in [1.165, 1.54) is 0 Å². The van der Waals surface area contributed by atoms with Gasteiger partial charge < -0.3 is 9.80 Å². The van der Waals surface area contributed by atoms with E-state index in [1.54, 1.807) is 17.5 Å². The van der Waals surface area contributed by atoms with Gasteiger partial charge >= 0.3 is 0 Å². The maximum absolute atomic E-state index is 12.4. The molecule has 1 saturated heterocycles. The number of piperazine rings is 1. The van der Waals surface area contributed by atoms with Gasteiger partial charge in [0.25, 0.3) is 5.91 Å². The highest BCUT2D eigenvalue weighted by molar-refractivity contribution is 7.13. The fraction of sp³-hybridized carbons (Fsp3) is 0.333. The molecule has 4 nitrogen and oxygen atoms in total. The summed E-state index contributed by atoms with van der Waals surface area (Å²) in [5, 5.41) is 2.95. The van der Waals surface area contributed by atoms with Gasteiger partial charge in [0.05, 0.1) is 0 Å². The predicted octanol–water partition coefficient (Wildman–Crippen LogP) is 2.20. The average Bonchev–Trinajstić information content (AvgIpc) is 3.02. The number of carbonyl (C=O) groups is 1. The lowest BCUT2D eigenvalue weighted by atomic mass is 10.1. The molecule has 1 aliphatic heterocycles. The first-order valence-electron chi connectivity index (χ1n) is 6.72. The van der Waals surface area contributed by atoms with Gasteiger partial charge in [-0.25, -0.2) is 4.98 Å². The third-order valence-electron chi connectivity index (χ3n) is 3.60. The summed E-state index contributed by atoms with van der Waals surface area (Å²) in [7, 11) is 2.09. The van der Waals surface area contributed by atoms with Crippen molar-refractivity contribution in [2.45, 2.75) is 0 Å². The Bertz CT molecular complexity index is 572. The molecule has 1 aromatic carbocycles. The molecule has 2 heterocycles. The number of nitrogens with zero attached hydrogens (tertiary/aromatic N) is 3. The molecule has 0 spiro atoms. The molecule has 1 fully saturated rings. The molecule has 0 bridgehead atoms. The Labute approximate surface area is 122 Å². The molecule has 5 heteroatoms. The van der Waals surface area contributed by atoms with Gasteiger partial charge in [-0.05, 0) is 19.2 Å². The zero-order chi connectivity index (χ0) is 13.9. The summed E-state index contributed by atoms with van der Waals surface area (Å²) in [6, 6.07) is 7.75. The molecule has 3 rings (SSSR count). The van der Waals surface area contributed by atoms with E-state index in [-0.39, 0.29) is 5.91 Å². The second-order valence-corrected chi connectivity index (χ2v) is 5.90. The minimum absolute atomic E-state index is 0.129. The highest BCUT2D eigenvalue weighted by Gasteiger charge is 2.20. The van der Waals surface area contributed by atoms with Crippen molar-refractivity contribution >= 4 is 17.2 Å². The number of amides is 1. The standard InChI is InChI=1S/C15H17N3OS/c1-17-7-9-18(10-8-17)15(19)13-4-2-12(3-5-13)14-16-6-11-20-14/h2-6,11H,7-10H2,1H3. The van der Waals surface area contributed by atoms with Gasteiger partial charge in [0.1, 0.15) is 5.01 Å². The summed E-state index contributed by atoms with van der Waals surface area (Å²) in [4.78, 5) is 20.8. The van der Waals surface area contributed by atoms with Crippen LogP contribution < -0.4 is 0 Å². The smallest absolute Gasteiger partial charge is 0.253 e. The predicted molar refractivity (Wildman–Crippen MR) is 81.0 cm³/mol. The van der Waals surface area contributed by atoms with Crippen LogP contribution in [-0.2, 0) is 0 Å². The van der Waals surface area contributed by atoms with Crippen molar-refractivity contribution in [1.29, 1.82) is 0 Å². The van der Waals surface area contributed by atoms with E-state index in [2.05, 4.69) is 16.9 Å². The average molecular weight is 287 g/mol. The van der Waals surface area contributed by atoms with Gasteiger partial charge in [-0.15, -0.1) is 11.3 Å². The highest BCUT2D eigenvalue weighted by atomic mass is 32.1. The zero-order valence-corrected chi connectivity index (χ0v) is 12.3. The maximum atomic E-state index is 12.4. The highest BCUT2D eigenvalue weighted by Crippen LogP contribution is 2.22. The molecule has 1 aromatic heterocycles. The molecule has 0 atom stereocenters. The second kappa shape index (κ2) is 5.73. The van der Waals surface area contributed by atoms with Gasteiger partial charge in [-0.1, -0.05) is 12.1 Å². The van der Waals surface area contributed by atoms with E-state index >= 15 is 0 Å². The quantitative estimate of drug-likeness (QED) is 0.849. The Balaban J connectivity index is 1.73. The van der Waals surface area contributed by atoms with Crippen molar-refractivity contribution in [3.8, 4) is 10.6 Å². The number of aromatic nitrogens is 1. The largest absolute Gasteiger partial charge is 0.336 e. The zero-order valence-electron chi connectivity index (χ0n) is 11.5. The minimum Gasteiger partial charge on any atom is -0.336 e. The lowest BCUT2D eigenvalue weighted by Crippen LogP contribution is -2.47. The SMILES string of the molecule is CN1CCN(C(=O)c2ccc(-c3nccs3)cc2)CC1. The lowest BCUT2D eigenvalue weighted by molar-refractivity contribution is 0.0664. The summed E-state index contributed by atoms with van der Waals surface area (Å²) in [6.07, 6.45) is 1.79. The number of thiazole rings is 1. The minimum atomic E-state index is 0.129. The molecule has 2 aromatic rings. The molecule has 20 heavy (non-hydrogen) atoms. The molecular formula is C15H17N3OS. The molecule has 1 amide bonds. The van der Waals surface area contributed by atoms with Crippen LogP contribution >= 0.6 is 11.3 Å². The van der Waals surface area contributed by atoms with Gasteiger partial charge in [0.15, 0.2) is 0 Å². The molecule has 0 unspecified atom stereocenters. The normalized spacial score (nSPS) is 16.4. The third kappa shape index (κ3) is 2.73. The van der Waals surface area contributed by atoms with E-state index in [1.807, 2.05) is 34.5 Å². The van der Waals surface area contributed by atoms with Crippen molar-refractivity contribution < 1.29 is 4.79 Å². The fourth-order valence-electron chi connectivity index (χ4n) is 2.31. The molecule has 0 radical (unpaired) electrons. The van der Waals surface area contributed by atoms with Crippen LogP contribution in [0.2, 0.25) is 0 Å². The van der Waals surface area contributed by atoms with Gasteiger partial charge in [-0.3, -0.25) is 4.79 Å². The molecule has 104 valence electrons. The monoisotopic (exact) mass is 287 g/mol. The Morgan fingerprint density at radius 1 is 1.15 bits per heavy atom. The molecule has 0 aliphatic carbocycles. The fourth-order valence-corrected chi connectivity index (χ4v) is 2.96. The summed E-state index contributed by atoms with van der Waals surface area (Å²) in [6.45, 7) is 3.51. The number of rotatable bonds is 2. The summed E-state index contributed by atoms with van der Waals surface area (Å²) in [5.41, 5.74) is 1.82. The summed E-state index contributed by atoms with van der Waals surface area (Å²) >= 11 is 1.61. The van der Waals surface area contributed by atoms with Crippen LogP contribution in [0.4, 0.5) is 0 Å². The van der Waals surface area contributed by atoms with Crippen LogP contribution in [0.1, 0.15) is 10.4 Å². The topological polar surface area (TPSA) is 36.4 Å². The van der Waals surface area contributed by atoms with Gasteiger partial charge in [0.2, 0.25) is 0 Å². The van der Waals surface area contributed by atoms with Crippen molar-refractivity contribution in [2.24, 2.45) is 0 Å². The van der Waals surface area contributed by atoms with E-state index in [9.17, 15) is 4.79 Å². The lowest BCUT2D eigenvalue weighted by Gasteiger charge is -2.32. The van der Waals surface area contributed by atoms with Crippen molar-refractivity contribution in [3.63, 3.8) is 0 Å². The van der Waals surface area contributed by atoms with Crippen molar-refractivity contribution in [2.75, 3.05) is 33.2 Å². The molecule has 0 saturated carbocycles. The van der Waals surface area contributed by atoms with E-state index in [0.29, 0.717) is 0 Å². The van der Waals surface area contributed by atoms with Crippen LogP contribution in [0.25, 0.3) is 10.6 Å². The first-order valence-corrected chi connectivity index (χ1v) is 7.60. The van der Waals surface area contributed by atoms with Crippen LogP contribution in [0.3, 0.4) is 0 Å². The van der Waals surface area contributed by atoms with Crippen LogP contribution in [0.15, 0.2) is 35.8 Å². The van der Waals surface area contributed by atoms with E-state index < -0.39 is 0 Å². The van der Waals surface area contributed by atoms with Crippen LogP contribution in [0, 0.1) is 0 Å². The number of hydrogen-bond donors (Lipinski definition) is 0. The second-order valence-electron chi connectivity index (χ2n) is 5.01. The van der Waals surface area contributed by atoms with E-state index in [4.69, 9.17) is 0 Å².